The lowest BCUT2D eigenvalue weighted by molar-refractivity contribution is -0.0498. The predicted molar refractivity (Wildman–Crippen MR) is 48.3 cm³/mol. The Bertz CT molecular complexity index is 328. The van der Waals surface area contributed by atoms with E-state index in [1.54, 1.807) is 6.92 Å². The average molecular weight is 246 g/mol. The van der Waals surface area contributed by atoms with E-state index in [2.05, 4.69) is 0 Å². The number of sulfonamides is 1. The fourth-order valence-corrected chi connectivity index (χ4v) is 2.44. The van der Waals surface area contributed by atoms with Gasteiger partial charge in [0.15, 0.2) is 0 Å². The summed E-state index contributed by atoms with van der Waals surface area (Å²) in [5.74, 6) is 0.0460. The maximum absolute atomic E-state index is 12.2. The molecule has 4 nitrogen and oxygen atoms in total. The van der Waals surface area contributed by atoms with Crippen LogP contribution in [0.2, 0.25) is 0 Å². The van der Waals surface area contributed by atoms with E-state index in [0.717, 1.165) is 0 Å². The van der Waals surface area contributed by atoms with Crippen LogP contribution in [0.25, 0.3) is 0 Å². The van der Waals surface area contributed by atoms with Crippen molar-refractivity contribution in [1.29, 1.82) is 0 Å². The fourth-order valence-electron chi connectivity index (χ4n) is 1.43. The summed E-state index contributed by atoms with van der Waals surface area (Å²) in [5, 5.41) is 0. The lowest BCUT2D eigenvalue weighted by Gasteiger charge is -2.34. The van der Waals surface area contributed by atoms with E-state index in [0.29, 0.717) is 10.7 Å². The van der Waals surface area contributed by atoms with Crippen LogP contribution in [-0.4, -0.2) is 37.4 Å². The quantitative estimate of drug-likeness (QED) is 0.733. The van der Waals surface area contributed by atoms with Crippen LogP contribution in [0.3, 0.4) is 0 Å². The SMILES string of the molecule is CC1CCN(S(=O)(=O)C(F)(F)F)CC1N. The molecule has 90 valence electrons. The normalized spacial score (nSPS) is 30.5. The van der Waals surface area contributed by atoms with Crippen molar-refractivity contribution in [2.75, 3.05) is 13.1 Å². The van der Waals surface area contributed by atoms with Gasteiger partial charge in [0.1, 0.15) is 0 Å². The third-order valence-corrected chi connectivity index (χ3v) is 4.21. The predicted octanol–water partition coefficient (Wildman–Crippen LogP) is 0.505. The first kappa shape index (κ1) is 12.7. The Balaban J connectivity index is 2.83. The molecule has 1 aliphatic heterocycles. The topological polar surface area (TPSA) is 63.4 Å². The highest BCUT2D eigenvalue weighted by atomic mass is 32.2. The third kappa shape index (κ3) is 2.43. The Morgan fingerprint density at radius 1 is 1.40 bits per heavy atom. The summed E-state index contributed by atoms with van der Waals surface area (Å²) < 4.78 is 58.9. The van der Waals surface area contributed by atoms with E-state index in [4.69, 9.17) is 5.73 Å². The minimum absolute atomic E-state index is 0.0460. The van der Waals surface area contributed by atoms with Crippen LogP contribution >= 0.6 is 0 Å². The molecule has 2 N–H and O–H groups in total. The van der Waals surface area contributed by atoms with Gasteiger partial charge >= 0.3 is 15.5 Å². The summed E-state index contributed by atoms with van der Waals surface area (Å²) in [6.07, 6.45) is 0.358. The van der Waals surface area contributed by atoms with Gasteiger partial charge in [0.2, 0.25) is 0 Å². The molecule has 0 aromatic heterocycles. The second-order valence-electron chi connectivity index (χ2n) is 3.74. The van der Waals surface area contributed by atoms with Crippen molar-refractivity contribution in [2.24, 2.45) is 11.7 Å². The van der Waals surface area contributed by atoms with Crippen LogP contribution in [0.5, 0.6) is 0 Å². The summed E-state index contributed by atoms with van der Waals surface area (Å²) >= 11 is 0. The monoisotopic (exact) mass is 246 g/mol. The van der Waals surface area contributed by atoms with Crippen LogP contribution in [0.1, 0.15) is 13.3 Å². The zero-order valence-corrected chi connectivity index (χ0v) is 8.98. The van der Waals surface area contributed by atoms with Crippen LogP contribution < -0.4 is 5.73 Å². The number of alkyl halides is 3. The minimum atomic E-state index is -5.23. The summed E-state index contributed by atoms with van der Waals surface area (Å²) in [5.41, 5.74) is 0.306. The smallest absolute Gasteiger partial charge is 0.326 e. The number of hydrogen-bond donors (Lipinski definition) is 1. The molecule has 0 bridgehead atoms. The van der Waals surface area contributed by atoms with Gasteiger partial charge in [-0.2, -0.15) is 17.5 Å². The van der Waals surface area contributed by atoms with Gasteiger partial charge in [0, 0.05) is 19.1 Å². The highest BCUT2D eigenvalue weighted by molar-refractivity contribution is 7.90. The van der Waals surface area contributed by atoms with E-state index >= 15 is 0 Å². The van der Waals surface area contributed by atoms with Crippen LogP contribution in [0.15, 0.2) is 0 Å². The van der Waals surface area contributed by atoms with E-state index in [9.17, 15) is 21.6 Å². The van der Waals surface area contributed by atoms with Crippen molar-refractivity contribution in [2.45, 2.75) is 24.9 Å². The fraction of sp³-hybridized carbons (Fsp3) is 1.00. The van der Waals surface area contributed by atoms with Crippen molar-refractivity contribution in [3.63, 3.8) is 0 Å². The number of rotatable bonds is 1. The Hall–Kier alpha value is -0.340. The number of piperidine rings is 1. The van der Waals surface area contributed by atoms with Crippen LogP contribution in [-0.2, 0) is 10.0 Å². The third-order valence-electron chi connectivity index (χ3n) is 2.61. The molecule has 1 heterocycles. The number of nitrogens with zero attached hydrogens (tertiary/aromatic N) is 1. The maximum Gasteiger partial charge on any atom is 0.511 e. The molecule has 1 fully saturated rings. The first-order chi connectivity index (χ1) is 6.66. The number of nitrogens with two attached hydrogens (primary N) is 1. The summed E-state index contributed by atoms with van der Waals surface area (Å²) in [6.45, 7) is 1.42. The molecule has 1 rings (SSSR count). The van der Waals surface area contributed by atoms with E-state index in [1.165, 1.54) is 0 Å². The average Bonchev–Trinajstić information content (AvgIpc) is 2.07. The van der Waals surface area contributed by atoms with E-state index < -0.39 is 21.6 Å². The molecule has 15 heavy (non-hydrogen) atoms. The highest BCUT2D eigenvalue weighted by Crippen LogP contribution is 2.29. The molecular weight excluding hydrogens is 233 g/mol. The molecule has 0 aromatic rings. The number of hydrogen-bond acceptors (Lipinski definition) is 3. The van der Waals surface area contributed by atoms with Gasteiger partial charge < -0.3 is 5.73 Å². The first-order valence-corrected chi connectivity index (χ1v) is 5.92. The van der Waals surface area contributed by atoms with Gasteiger partial charge in [0.05, 0.1) is 0 Å². The van der Waals surface area contributed by atoms with Crippen molar-refractivity contribution in [3.05, 3.63) is 0 Å². The van der Waals surface area contributed by atoms with Gasteiger partial charge in [-0.1, -0.05) is 6.92 Å². The lowest BCUT2D eigenvalue weighted by Crippen LogP contribution is -2.52. The Morgan fingerprint density at radius 3 is 2.33 bits per heavy atom. The molecular formula is C7H13F3N2O2S. The van der Waals surface area contributed by atoms with Crippen molar-refractivity contribution >= 4 is 10.0 Å². The molecule has 0 radical (unpaired) electrons. The van der Waals surface area contributed by atoms with Gasteiger partial charge in [-0.3, -0.25) is 0 Å². The lowest BCUT2D eigenvalue weighted by atomic mass is 9.96. The van der Waals surface area contributed by atoms with Gasteiger partial charge in [-0.25, -0.2) is 8.42 Å². The molecule has 0 amide bonds. The first-order valence-electron chi connectivity index (χ1n) is 4.48. The van der Waals surface area contributed by atoms with Crippen molar-refractivity contribution in [3.8, 4) is 0 Å². The molecule has 1 aliphatic rings. The van der Waals surface area contributed by atoms with E-state index in [1.807, 2.05) is 0 Å². The second-order valence-corrected chi connectivity index (χ2v) is 5.67. The Morgan fingerprint density at radius 2 is 1.93 bits per heavy atom. The van der Waals surface area contributed by atoms with Gasteiger partial charge in [-0.15, -0.1) is 0 Å². The van der Waals surface area contributed by atoms with Crippen molar-refractivity contribution < 1.29 is 21.6 Å². The molecule has 0 aliphatic carbocycles. The second kappa shape index (κ2) is 3.91. The zero-order valence-electron chi connectivity index (χ0n) is 8.16. The Labute approximate surface area is 86.3 Å². The van der Waals surface area contributed by atoms with Gasteiger partial charge in [-0.05, 0) is 12.3 Å². The molecule has 0 saturated carbocycles. The molecule has 0 aromatic carbocycles. The zero-order chi connectivity index (χ0) is 11.9. The molecule has 8 heteroatoms. The van der Waals surface area contributed by atoms with Gasteiger partial charge in [0.25, 0.3) is 0 Å². The van der Waals surface area contributed by atoms with Crippen LogP contribution in [0, 0.1) is 5.92 Å². The van der Waals surface area contributed by atoms with E-state index in [-0.39, 0.29) is 19.0 Å². The molecule has 2 unspecified atom stereocenters. The molecule has 0 spiro atoms. The minimum Gasteiger partial charge on any atom is -0.326 e. The summed E-state index contributed by atoms with van der Waals surface area (Å²) in [7, 11) is -5.20. The van der Waals surface area contributed by atoms with Crippen molar-refractivity contribution in [1.82, 2.24) is 4.31 Å². The number of halogens is 3. The largest absolute Gasteiger partial charge is 0.511 e. The molecule has 2 atom stereocenters. The summed E-state index contributed by atoms with van der Waals surface area (Å²) in [4.78, 5) is 0. The Kier molecular flexibility index (Phi) is 3.32. The standard InChI is InChI=1S/C7H13F3N2O2S/c1-5-2-3-12(4-6(5)11)15(13,14)7(8,9)10/h5-6H,2-4,11H2,1H3. The summed E-state index contributed by atoms with van der Waals surface area (Å²) in [6, 6.07) is -0.532. The van der Waals surface area contributed by atoms with Crippen LogP contribution in [0.4, 0.5) is 13.2 Å². The highest BCUT2D eigenvalue weighted by Gasteiger charge is 2.51. The maximum atomic E-state index is 12.2. The molecule has 1 saturated heterocycles.